The molecule has 0 aromatic heterocycles. The van der Waals surface area contributed by atoms with Crippen LogP contribution >= 0.6 is 0 Å². The van der Waals surface area contributed by atoms with Crippen molar-refractivity contribution in [2.45, 2.75) is 52.0 Å². The van der Waals surface area contributed by atoms with Crippen LogP contribution in [0.3, 0.4) is 0 Å². The summed E-state index contributed by atoms with van der Waals surface area (Å²) in [6.45, 7) is 8.17. The predicted octanol–water partition coefficient (Wildman–Crippen LogP) is 3.80. The molecule has 19 heavy (non-hydrogen) atoms. The van der Waals surface area contributed by atoms with Gasteiger partial charge in [0.25, 0.3) is 0 Å². The van der Waals surface area contributed by atoms with Crippen LogP contribution in [0.4, 0.5) is 0 Å². The second-order valence-corrected chi connectivity index (χ2v) is 7.07. The van der Waals surface area contributed by atoms with Gasteiger partial charge in [0, 0.05) is 5.54 Å². The standard InChI is InChI=1S/C17H27NO/c1-16(2,3)13-17(10-5-11-18-17)12-14-6-8-15(19-4)9-7-14/h6-9,18H,5,10-13H2,1-4H3. The van der Waals surface area contributed by atoms with Gasteiger partial charge in [-0.3, -0.25) is 0 Å². The maximum atomic E-state index is 5.23. The van der Waals surface area contributed by atoms with Crippen LogP contribution in [0.15, 0.2) is 24.3 Å². The van der Waals surface area contributed by atoms with Gasteiger partial charge < -0.3 is 10.1 Å². The van der Waals surface area contributed by atoms with Crippen molar-refractivity contribution in [3.05, 3.63) is 29.8 Å². The lowest BCUT2D eigenvalue weighted by Gasteiger charge is -2.36. The largest absolute Gasteiger partial charge is 0.497 e. The summed E-state index contributed by atoms with van der Waals surface area (Å²) in [5.74, 6) is 0.938. The topological polar surface area (TPSA) is 21.3 Å². The van der Waals surface area contributed by atoms with E-state index in [1.807, 2.05) is 0 Å². The molecule has 1 aromatic carbocycles. The Morgan fingerprint density at radius 3 is 2.37 bits per heavy atom. The zero-order valence-electron chi connectivity index (χ0n) is 12.8. The van der Waals surface area contributed by atoms with Crippen LogP contribution in [0.25, 0.3) is 0 Å². The summed E-state index contributed by atoms with van der Waals surface area (Å²) in [4.78, 5) is 0. The van der Waals surface area contributed by atoms with Crippen molar-refractivity contribution in [2.24, 2.45) is 5.41 Å². The molecule has 1 unspecified atom stereocenters. The Balaban J connectivity index is 2.11. The smallest absolute Gasteiger partial charge is 0.118 e. The molecule has 1 saturated heterocycles. The normalized spacial score (nSPS) is 23.6. The number of nitrogens with one attached hydrogen (secondary N) is 1. The molecule has 1 aromatic rings. The summed E-state index contributed by atoms with van der Waals surface area (Å²) >= 11 is 0. The van der Waals surface area contributed by atoms with Gasteiger partial charge >= 0.3 is 0 Å². The number of methoxy groups -OCH3 is 1. The van der Waals surface area contributed by atoms with E-state index in [-0.39, 0.29) is 5.54 Å². The predicted molar refractivity (Wildman–Crippen MR) is 80.7 cm³/mol. The van der Waals surface area contributed by atoms with Crippen molar-refractivity contribution >= 4 is 0 Å². The molecule has 106 valence electrons. The highest BCUT2D eigenvalue weighted by Gasteiger charge is 2.36. The molecule has 0 saturated carbocycles. The molecule has 0 aliphatic carbocycles. The van der Waals surface area contributed by atoms with Crippen LogP contribution in [-0.2, 0) is 6.42 Å². The summed E-state index contributed by atoms with van der Waals surface area (Å²) in [5.41, 5.74) is 2.05. The Morgan fingerprint density at radius 2 is 1.89 bits per heavy atom. The van der Waals surface area contributed by atoms with Gasteiger partial charge in [0.15, 0.2) is 0 Å². The minimum atomic E-state index is 0.285. The number of hydrogen-bond acceptors (Lipinski definition) is 2. The Bertz CT molecular complexity index is 396. The molecule has 1 aliphatic rings. The Labute approximate surface area is 117 Å². The van der Waals surface area contributed by atoms with E-state index >= 15 is 0 Å². The number of ether oxygens (including phenoxy) is 1. The molecule has 2 heteroatoms. The van der Waals surface area contributed by atoms with Gasteiger partial charge in [-0.15, -0.1) is 0 Å². The van der Waals surface area contributed by atoms with Crippen LogP contribution in [-0.4, -0.2) is 19.2 Å². The lowest BCUT2D eigenvalue weighted by Crippen LogP contribution is -2.44. The number of benzene rings is 1. The maximum absolute atomic E-state index is 5.23. The van der Waals surface area contributed by atoms with Gasteiger partial charge in [0.2, 0.25) is 0 Å². The molecule has 0 amide bonds. The molecule has 0 radical (unpaired) electrons. The third-order valence-electron chi connectivity index (χ3n) is 3.90. The molecule has 1 atom stereocenters. The van der Waals surface area contributed by atoms with E-state index in [0.29, 0.717) is 5.41 Å². The molecule has 0 spiro atoms. The van der Waals surface area contributed by atoms with Gasteiger partial charge in [0.05, 0.1) is 7.11 Å². The molecule has 1 heterocycles. The van der Waals surface area contributed by atoms with E-state index in [1.165, 1.54) is 24.8 Å². The lowest BCUT2D eigenvalue weighted by molar-refractivity contribution is 0.229. The minimum absolute atomic E-state index is 0.285. The van der Waals surface area contributed by atoms with Crippen molar-refractivity contribution in [1.82, 2.24) is 5.32 Å². The van der Waals surface area contributed by atoms with E-state index in [0.717, 1.165) is 18.7 Å². The zero-order chi connectivity index (χ0) is 13.9. The molecular formula is C17H27NO. The number of hydrogen-bond donors (Lipinski definition) is 1. The van der Waals surface area contributed by atoms with Gasteiger partial charge in [-0.1, -0.05) is 32.9 Å². The first-order chi connectivity index (χ1) is 8.92. The zero-order valence-corrected chi connectivity index (χ0v) is 12.8. The number of rotatable bonds is 4. The van der Waals surface area contributed by atoms with Crippen molar-refractivity contribution < 1.29 is 4.74 Å². The summed E-state index contributed by atoms with van der Waals surface area (Å²) in [6, 6.07) is 8.52. The fourth-order valence-electron chi connectivity index (χ4n) is 3.38. The lowest BCUT2D eigenvalue weighted by atomic mass is 9.76. The molecular weight excluding hydrogens is 234 g/mol. The Kier molecular flexibility index (Phi) is 4.19. The van der Waals surface area contributed by atoms with Crippen LogP contribution in [0.5, 0.6) is 5.75 Å². The maximum Gasteiger partial charge on any atom is 0.118 e. The summed E-state index contributed by atoms with van der Waals surface area (Å²) in [6.07, 6.45) is 4.93. The highest BCUT2D eigenvalue weighted by Crippen LogP contribution is 2.36. The van der Waals surface area contributed by atoms with Gasteiger partial charge in [-0.2, -0.15) is 0 Å². The van der Waals surface area contributed by atoms with E-state index in [4.69, 9.17) is 4.74 Å². The van der Waals surface area contributed by atoms with Crippen LogP contribution in [0.1, 0.15) is 45.6 Å². The van der Waals surface area contributed by atoms with Gasteiger partial charge in [-0.05, 0) is 55.3 Å². The molecule has 0 bridgehead atoms. The van der Waals surface area contributed by atoms with Crippen molar-refractivity contribution in [1.29, 1.82) is 0 Å². The molecule has 2 rings (SSSR count). The minimum Gasteiger partial charge on any atom is -0.497 e. The molecule has 1 N–H and O–H groups in total. The Morgan fingerprint density at radius 1 is 1.21 bits per heavy atom. The summed E-state index contributed by atoms with van der Waals surface area (Å²) in [5, 5.41) is 3.77. The highest BCUT2D eigenvalue weighted by atomic mass is 16.5. The fraction of sp³-hybridized carbons (Fsp3) is 0.647. The summed E-state index contributed by atoms with van der Waals surface area (Å²) < 4.78 is 5.23. The molecule has 2 nitrogen and oxygen atoms in total. The third-order valence-corrected chi connectivity index (χ3v) is 3.90. The van der Waals surface area contributed by atoms with Crippen LogP contribution in [0, 0.1) is 5.41 Å². The van der Waals surface area contributed by atoms with Crippen molar-refractivity contribution in [2.75, 3.05) is 13.7 Å². The monoisotopic (exact) mass is 261 g/mol. The summed E-state index contributed by atoms with van der Waals surface area (Å²) in [7, 11) is 1.72. The van der Waals surface area contributed by atoms with Crippen LogP contribution in [0.2, 0.25) is 0 Å². The van der Waals surface area contributed by atoms with Crippen LogP contribution < -0.4 is 10.1 Å². The first-order valence-corrected chi connectivity index (χ1v) is 7.31. The van der Waals surface area contributed by atoms with E-state index in [2.05, 4.69) is 50.4 Å². The van der Waals surface area contributed by atoms with Gasteiger partial charge in [0.1, 0.15) is 5.75 Å². The molecule has 1 aliphatic heterocycles. The second-order valence-electron chi connectivity index (χ2n) is 7.07. The molecule has 1 fully saturated rings. The van der Waals surface area contributed by atoms with E-state index in [9.17, 15) is 0 Å². The average Bonchev–Trinajstić information content (AvgIpc) is 2.76. The van der Waals surface area contributed by atoms with Gasteiger partial charge in [-0.25, -0.2) is 0 Å². The van der Waals surface area contributed by atoms with Crippen molar-refractivity contribution in [3.63, 3.8) is 0 Å². The Hall–Kier alpha value is -1.02. The average molecular weight is 261 g/mol. The first-order valence-electron chi connectivity index (χ1n) is 7.31. The quantitative estimate of drug-likeness (QED) is 0.890. The van der Waals surface area contributed by atoms with E-state index < -0.39 is 0 Å². The van der Waals surface area contributed by atoms with Crippen molar-refractivity contribution in [3.8, 4) is 5.75 Å². The SMILES string of the molecule is COc1ccc(CC2(CC(C)(C)C)CCCN2)cc1. The second kappa shape index (κ2) is 5.54. The van der Waals surface area contributed by atoms with E-state index in [1.54, 1.807) is 7.11 Å². The fourth-order valence-corrected chi connectivity index (χ4v) is 3.38. The highest BCUT2D eigenvalue weighted by molar-refractivity contribution is 5.28. The first kappa shape index (κ1) is 14.4. The third kappa shape index (κ3) is 3.97.